The zero-order valence-electron chi connectivity index (χ0n) is 17.5. The fourth-order valence-corrected chi connectivity index (χ4v) is 4.09. The highest BCUT2D eigenvalue weighted by atomic mass is 31.2. The summed E-state index contributed by atoms with van der Waals surface area (Å²) in [6.07, 6.45) is -0.633. The summed E-state index contributed by atoms with van der Waals surface area (Å²) in [6.45, 7) is 0.0655. The molecule has 1 aliphatic rings. The molecule has 12 heteroatoms. The molecule has 7 N–H and O–H groups in total. The van der Waals surface area contributed by atoms with Crippen molar-refractivity contribution in [2.45, 2.75) is 24.8 Å². The molecule has 0 bridgehead atoms. The summed E-state index contributed by atoms with van der Waals surface area (Å²) in [7, 11) is -4.56. The minimum Gasteiger partial charge on any atom is -0.480 e. The lowest BCUT2D eigenvalue weighted by atomic mass is 9.98. The fraction of sp³-hybridized carbons (Fsp3) is 0.286. The molecule has 0 spiro atoms. The Bertz CT molecular complexity index is 1060. The van der Waals surface area contributed by atoms with E-state index in [2.05, 4.69) is 10.3 Å². The number of benzene rings is 2. The molecule has 11 nitrogen and oxygen atoms in total. The number of amides is 1. The Balaban J connectivity index is 1.53. The molecule has 0 unspecified atom stereocenters. The summed E-state index contributed by atoms with van der Waals surface area (Å²) in [4.78, 5) is 45.0. The van der Waals surface area contributed by atoms with E-state index < -0.39 is 31.8 Å². The molecule has 1 amide bonds. The number of aliphatic carboxylic acids is 1. The predicted octanol–water partition coefficient (Wildman–Crippen LogP) is 1.76. The van der Waals surface area contributed by atoms with Crippen molar-refractivity contribution in [1.82, 2.24) is 10.4 Å². The molecule has 0 radical (unpaired) electrons. The van der Waals surface area contributed by atoms with Crippen molar-refractivity contribution in [2.24, 2.45) is 10.7 Å². The average Bonchev–Trinajstić information content (AvgIpc) is 3.07. The van der Waals surface area contributed by atoms with Crippen LogP contribution in [0.15, 0.2) is 53.5 Å². The molecule has 176 valence electrons. The third-order valence-corrected chi connectivity index (χ3v) is 5.65. The van der Waals surface area contributed by atoms with Crippen LogP contribution >= 0.6 is 7.75 Å². The maximum absolute atomic E-state index is 12.3. The van der Waals surface area contributed by atoms with Gasteiger partial charge < -0.3 is 30.7 Å². The zero-order valence-corrected chi connectivity index (χ0v) is 18.4. The second-order valence-electron chi connectivity index (χ2n) is 7.43. The van der Waals surface area contributed by atoms with Crippen LogP contribution in [-0.4, -0.2) is 52.1 Å². The molecule has 1 atom stereocenters. The number of rotatable bonds is 9. The van der Waals surface area contributed by atoms with Crippen molar-refractivity contribution in [3.63, 3.8) is 0 Å². The van der Waals surface area contributed by atoms with Gasteiger partial charge in [-0.3, -0.25) is 10.1 Å². The van der Waals surface area contributed by atoms with E-state index in [0.717, 1.165) is 22.3 Å². The monoisotopic (exact) mass is 476 g/mol. The second-order valence-corrected chi connectivity index (χ2v) is 8.74. The first-order chi connectivity index (χ1) is 15.7. The predicted molar refractivity (Wildman–Crippen MR) is 121 cm³/mol. The van der Waals surface area contributed by atoms with Gasteiger partial charge in [0.15, 0.2) is 5.96 Å². The molecular formula is C21H25N4O7P. The minimum absolute atomic E-state index is 0.00891. The highest BCUT2D eigenvalue weighted by molar-refractivity contribution is 7.50. The van der Waals surface area contributed by atoms with Gasteiger partial charge in [0.2, 0.25) is 0 Å². The van der Waals surface area contributed by atoms with Crippen LogP contribution in [0.3, 0.4) is 0 Å². The number of nitrogens with zero attached hydrogens (tertiary/aromatic N) is 1. The van der Waals surface area contributed by atoms with Crippen molar-refractivity contribution >= 4 is 25.8 Å². The molecule has 0 saturated carbocycles. The molecule has 0 heterocycles. The van der Waals surface area contributed by atoms with Gasteiger partial charge in [0.05, 0.1) is 0 Å². The maximum Gasteiger partial charge on any atom is 0.429 e. The van der Waals surface area contributed by atoms with Gasteiger partial charge >= 0.3 is 19.8 Å². The summed E-state index contributed by atoms with van der Waals surface area (Å²) in [5.41, 5.74) is 9.57. The first-order valence-corrected chi connectivity index (χ1v) is 11.7. The molecule has 2 aromatic rings. The molecule has 0 saturated heterocycles. The maximum atomic E-state index is 12.3. The number of hydrogen-bond donors (Lipinski definition) is 6. The Morgan fingerprint density at radius 3 is 2.21 bits per heavy atom. The van der Waals surface area contributed by atoms with Gasteiger partial charge in [-0.05, 0) is 35.1 Å². The van der Waals surface area contributed by atoms with E-state index in [4.69, 9.17) is 20.3 Å². The normalized spacial score (nSPS) is 14.2. The Kier molecular flexibility index (Phi) is 7.70. The lowest BCUT2D eigenvalue weighted by molar-refractivity contribution is -0.139. The summed E-state index contributed by atoms with van der Waals surface area (Å²) < 4.78 is 16.1. The number of fused-ring (bicyclic) bond motifs is 3. The average molecular weight is 476 g/mol. The van der Waals surface area contributed by atoms with Gasteiger partial charge in [0.1, 0.15) is 12.6 Å². The van der Waals surface area contributed by atoms with E-state index in [1.807, 2.05) is 48.5 Å². The number of alkyl carbamates (subject to hydrolysis) is 1. The molecular weight excluding hydrogens is 451 g/mol. The lowest BCUT2D eigenvalue weighted by Crippen LogP contribution is -2.41. The van der Waals surface area contributed by atoms with Gasteiger partial charge in [-0.25, -0.2) is 14.2 Å². The largest absolute Gasteiger partial charge is 0.480 e. The topological polar surface area (TPSA) is 184 Å². The molecule has 2 aromatic carbocycles. The Labute approximate surface area is 189 Å². The van der Waals surface area contributed by atoms with Crippen molar-refractivity contribution < 1.29 is 33.8 Å². The SMILES string of the molecule is NC(=NCCC[C@H](NC(=O)OCC1c2ccccc2-c2ccccc21)C(=O)O)NP(=O)(O)O. The van der Waals surface area contributed by atoms with Crippen LogP contribution in [0.5, 0.6) is 0 Å². The number of carbonyl (C=O) groups excluding carboxylic acids is 1. The van der Waals surface area contributed by atoms with E-state index in [1.54, 1.807) is 5.09 Å². The first kappa shape index (κ1) is 24.2. The molecule has 0 aliphatic heterocycles. The number of nitrogens with one attached hydrogen (secondary N) is 2. The van der Waals surface area contributed by atoms with E-state index in [0.29, 0.717) is 0 Å². The Morgan fingerprint density at radius 1 is 1.09 bits per heavy atom. The molecule has 1 aliphatic carbocycles. The third kappa shape index (κ3) is 6.55. The molecule has 33 heavy (non-hydrogen) atoms. The Hall–Kier alpha value is -3.40. The zero-order chi connectivity index (χ0) is 24.0. The number of carboxylic acids is 1. The number of carbonyl (C=O) groups is 2. The van der Waals surface area contributed by atoms with Gasteiger partial charge in [-0.2, -0.15) is 0 Å². The summed E-state index contributed by atoms with van der Waals surface area (Å²) in [5.74, 6) is -1.85. The van der Waals surface area contributed by atoms with E-state index in [1.165, 1.54) is 0 Å². The van der Waals surface area contributed by atoms with Gasteiger partial charge in [-0.1, -0.05) is 48.5 Å². The lowest BCUT2D eigenvalue weighted by Gasteiger charge is -2.17. The van der Waals surface area contributed by atoms with Crippen LogP contribution < -0.4 is 16.1 Å². The highest BCUT2D eigenvalue weighted by Crippen LogP contribution is 2.44. The quantitative estimate of drug-likeness (QED) is 0.136. The number of nitrogens with two attached hydrogens (primary N) is 1. The van der Waals surface area contributed by atoms with E-state index in [-0.39, 0.29) is 31.9 Å². The standard InChI is InChI=1S/C21H25N4O7P/c22-20(25-33(29,30)31)23-11-5-10-18(19(26)27)24-21(28)32-12-17-15-8-3-1-6-13(15)14-7-2-4-9-16(14)17/h1-4,6-9,17-18H,5,10-12H2,(H,24,28)(H,26,27)(H5,22,23,25,29,30,31)/t18-/m0/s1. The van der Waals surface area contributed by atoms with Crippen LogP contribution in [0.1, 0.15) is 29.9 Å². The second kappa shape index (κ2) is 10.5. The number of carboxylic acid groups (broad SMARTS) is 1. The van der Waals surface area contributed by atoms with Crippen LogP contribution in [-0.2, 0) is 14.1 Å². The third-order valence-electron chi connectivity index (χ3n) is 5.13. The smallest absolute Gasteiger partial charge is 0.429 e. The van der Waals surface area contributed by atoms with Gasteiger partial charge in [0, 0.05) is 12.5 Å². The van der Waals surface area contributed by atoms with Crippen molar-refractivity contribution in [1.29, 1.82) is 0 Å². The fourth-order valence-electron chi connectivity index (χ4n) is 3.72. The molecule has 0 fully saturated rings. The van der Waals surface area contributed by atoms with Crippen LogP contribution in [0.25, 0.3) is 11.1 Å². The molecule has 0 aromatic heterocycles. The van der Waals surface area contributed by atoms with Crippen molar-refractivity contribution in [3.8, 4) is 11.1 Å². The van der Waals surface area contributed by atoms with Crippen LogP contribution in [0.2, 0.25) is 0 Å². The van der Waals surface area contributed by atoms with Gasteiger partial charge in [0.25, 0.3) is 0 Å². The van der Waals surface area contributed by atoms with Gasteiger partial charge in [-0.15, -0.1) is 0 Å². The van der Waals surface area contributed by atoms with E-state index >= 15 is 0 Å². The van der Waals surface area contributed by atoms with Crippen LogP contribution in [0, 0.1) is 0 Å². The Morgan fingerprint density at radius 2 is 1.67 bits per heavy atom. The molecule has 3 rings (SSSR count). The van der Waals surface area contributed by atoms with Crippen LogP contribution in [0.4, 0.5) is 4.79 Å². The number of hydrogen-bond acceptors (Lipinski definition) is 5. The van der Waals surface area contributed by atoms with Crippen molar-refractivity contribution in [2.75, 3.05) is 13.2 Å². The minimum atomic E-state index is -4.56. The number of aliphatic imine (C=N–C) groups is 1. The number of guanidine groups is 1. The summed E-state index contributed by atoms with van der Waals surface area (Å²) >= 11 is 0. The number of ether oxygens (including phenoxy) is 1. The summed E-state index contributed by atoms with van der Waals surface area (Å²) in [5, 5.41) is 13.4. The highest BCUT2D eigenvalue weighted by Gasteiger charge is 2.29. The summed E-state index contributed by atoms with van der Waals surface area (Å²) in [6, 6.07) is 14.5. The van der Waals surface area contributed by atoms with Crippen molar-refractivity contribution in [3.05, 3.63) is 59.7 Å². The first-order valence-electron chi connectivity index (χ1n) is 10.1. The van der Waals surface area contributed by atoms with E-state index in [9.17, 15) is 19.3 Å².